The number of aromatic amines is 1. The van der Waals surface area contributed by atoms with Crippen LogP contribution in [0.2, 0.25) is 0 Å². The minimum Gasteiger partial charge on any atom is -0.323 e. The molecule has 4 aromatic heterocycles. The Morgan fingerprint density at radius 2 is 1.90 bits per heavy atom. The van der Waals surface area contributed by atoms with Gasteiger partial charge in [-0.15, -0.1) is 0 Å². The van der Waals surface area contributed by atoms with E-state index in [1.165, 1.54) is 15.8 Å². The van der Waals surface area contributed by atoms with Crippen LogP contribution in [0.5, 0.6) is 0 Å². The van der Waals surface area contributed by atoms with Crippen LogP contribution in [-0.2, 0) is 4.79 Å². The average Bonchev–Trinajstić information content (AvgIpc) is 3.61. The first kappa shape index (κ1) is 25.6. The number of nitrogens with one attached hydrogen (secondary N) is 3. The molecule has 5 heterocycles. The third kappa shape index (κ3) is 4.67. The monoisotopic (exact) mass is 544 g/mol. The zero-order chi connectivity index (χ0) is 28.0. The topological polar surface area (TPSA) is 147 Å². The molecule has 3 amide bonds. The van der Waals surface area contributed by atoms with E-state index in [1.807, 2.05) is 26.0 Å². The van der Waals surface area contributed by atoms with Crippen molar-refractivity contribution >= 4 is 23.6 Å². The maximum Gasteiger partial charge on any atom is 0.325 e. The predicted molar refractivity (Wildman–Crippen MR) is 142 cm³/mol. The van der Waals surface area contributed by atoms with E-state index in [4.69, 9.17) is 4.98 Å². The van der Waals surface area contributed by atoms with E-state index < -0.39 is 23.4 Å². The molecule has 4 aromatic rings. The molecule has 0 radical (unpaired) electrons. The molecule has 206 valence electrons. The first-order valence-corrected chi connectivity index (χ1v) is 13.2. The SMILES string of the molecule is Cc1cc(Nc2cc(C)[nH]n2)nc(C2CCC3(CC2)NC(=O)N([C@@H](C)c2ccc(-n4cc(F)cn4)nc2)C3=O)n1. The van der Waals surface area contributed by atoms with E-state index in [9.17, 15) is 14.0 Å². The lowest BCUT2D eigenvalue weighted by atomic mass is 9.76. The molecule has 1 spiro atoms. The molecule has 12 nitrogen and oxygen atoms in total. The van der Waals surface area contributed by atoms with Crippen LogP contribution < -0.4 is 10.6 Å². The molecular formula is C27H29FN10O2. The highest BCUT2D eigenvalue weighted by Crippen LogP contribution is 2.42. The Morgan fingerprint density at radius 3 is 2.55 bits per heavy atom. The van der Waals surface area contributed by atoms with Gasteiger partial charge in [-0.3, -0.25) is 14.8 Å². The van der Waals surface area contributed by atoms with Gasteiger partial charge in [0.15, 0.2) is 17.5 Å². The number of aromatic nitrogens is 7. The zero-order valence-corrected chi connectivity index (χ0v) is 22.3. The molecular weight excluding hydrogens is 515 g/mol. The lowest BCUT2D eigenvalue weighted by Gasteiger charge is -2.35. The van der Waals surface area contributed by atoms with E-state index >= 15 is 0 Å². The van der Waals surface area contributed by atoms with E-state index in [2.05, 4.69) is 35.9 Å². The van der Waals surface area contributed by atoms with E-state index in [-0.39, 0.29) is 11.8 Å². The minimum absolute atomic E-state index is 0.0621. The van der Waals surface area contributed by atoms with Crippen LogP contribution in [0.25, 0.3) is 5.82 Å². The van der Waals surface area contributed by atoms with E-state index in [1.54, 1.807) is 25.3 Å². The molecule has 3 N–H and O–H groups in total. The molecule has 1 atom stereocenters. The van der Waals surface area contributed by atoms with Crippen LogP contribution in [0.15, 0.2) is 42.9 Å². The number of pyridine rings is 1. The van der Waals surface area contributed by atoms with Crippen LogP contribution in [0, 0.1) is 19.7 Å². The smallest absolute Gasteiger partial charge is 0.323 e. The summed E-state index contributed by atoms with van der Waals surface area (Å²) in [7, 11) is 0. The van der Waals surface area contributed by atoms with Gasteiger partial charge in [-0.2, -0.15) is 10.2 Å². The van der Waals surface area contributed by atoms with Gasteiger partial charge in [-0.25, -0.2) is 28.8 Å². The number of urea groups is 1. The maximum absolute atomic E-state index is 13.7. The molecule has 0 bridgehead atoms. The number of halogens is 1. The Balaban J connectivity index is 1.14. The summed E-state index contributed by atoms with van der Waals surface area (Å²) in [6.45, 7) is 5.64. The number of hydrogen-bond acceptors (Lipinski definition) is 8. The van der Waals surface area contributed by atoms with Crippen molar-refractivity contribution in [1.29, 1.82) is 0 Å². The Bertz CT molecular complexity index is 1570. The van der Waals surface area contributed by atoms with Gasteiger partial charge in [-0.1, -0.05) is 6.07 Å². The van der Waals surface area contributed by atoms with Gasteiger partial charge in [0.1, 0.15) is 17.2 Å². The number of carbonyl (C=O) groups excluding carboxylic acids is 2. The van der Waals surface area contributed by atoms with Gasteiger partial charge in [0, 0.05) is 35.6 Å². The normalized spacial score (nSPS) is 21.6. The van der Waals surface area contributed by atoms with E-state index in [0.29, 0.717) is 48.7 Å². The summed E-state index contributed by atoms with van der Waals surface area (Å²) in [6.07, 6.45) is 6.21. The molecule has 0 unspecified atom stereocenters. The minimum atomic E-state index is -0.945. The quantitative estimate of drug-likeness (QED) is 0.309. The molecule has 40 heavy (non-hydrogen) atoms. The summed E-state index contributed by atoms with van der Waals surface area (Å²) in [4.78, 5) is 41.7. The maximum atomic E-state index is 13.7. The van der Waals surface area contributed by atoms with Crippen LogP contribution in [-0.4, -0.2) is 57.3 Å². The third-order valence-electron chi connectivity index (χ3n) is 7.66. The van der Waals surface area contributed by atoms with Crippen molar-refractivity contribution in [3.63, 3.8) is 0 Å². The number of H-pyrrole nitrogens is 1. The summed E-state index contributed by atoms with van der Waals surface area (Å²) in [5, 5.41) is 17.2. The number of anilines is 2. The molecule has 6 rings (SSSR count). The van der Waals surface area contributed by atoms with Crippen molar-refractivity contribution in [3.05, 3.63) is 71.4 Å². The number of carbonyl (C=O) groups is 2. The highest BCUT2D eigenvalue weighted by Gasteiger charge is 2.54. The summed E-state index contributed by atoms with van der Waals surface area (Å²) in [5.41, 5.74) is 1.52. The lowest BCUT2D eigenvalue weighted by molar-refractivity contribution is -0.134. The van der Waals surface area contributed by atoms with Crippen molar-refractivity contribution < 1.29 is 14.0 Å². The Kier molecular flexibility index (Phi) is 6.28. The van der Waals surface area contributed by atoms with Crippen molar-refractivity contribution in [2.75, 3.05) is 5.32 Å². The largest absolute Gasteiger partial charge is 0.325 e. The number of amides is 3. The number of nitrogens with zero attached hydrogens (tertiary/aromatic N) is 7. The number of rotatable bonds is 6. The second-order valence-corrected chi connectivity index (χ2v) is 10.5. The molecule has 1 aliphatic carbocycles. The summed E-state index contributed by atoms with van der Waals surface area (Å²) < 4.78 is 14.6. The second kappa shape index (κ2) is 9.81. The van der Waals surface area contributed by atoms with Crippen molar-refractivity contribution in [1.82, 2.24) is 45.1 Å². The van der Waals surface area contributed by atoms with Gasteiger partial charge >= 0.3 is 6.03 Å². The summed E-state index contributed by atoms with van der Waals surface area (Å²) in [5.74, 6) is 1.86. The highest BCUT2D eigenvalue weighted by molar-refractivity contribution is 6.07. The first-order valence-electron chi connectivity index (χ1n) is 13.2. The fourth-order valence-corrected chi connectivity index (χ4v) is 5.51. The number of imide groups is 1. The first-order chi connectivity index (χ1) is 19.2. The van der Waals surface area contributed by atoms with Gasteiger partial charge in [0.25, 0.3) is 5.91 Å². The van der Waals surface area contributed by atoms with Crippen LogP contribution in [0.1, 0.15) is 67.3 Å². The average molecular weight is 545 g/mol. The Hall–Kier alpha value is -4.68. The van der Waals surface area contributed by atoms with Crippen LogP contribution in [0.4, 0.5) is 20.8 Å². The molecule has 1 saturated heterocycles. The lowest BCUT2D eigenvalue weighted by Crippen LogP contribution is -2.49. The van der Waals surface area contributed by atoms with Crippen LogP contribution >= 0.6 is 0 Å². The predicted octanol–water partition coefficient (Wildman–Crippen LogP) is 3.99. The van der Waals surface area contributed by atoms with Crippen LogP contribution in [0.3, 0.4) is 0 Å². The second-order valence-electron chi connectivity index (χ2n) is 10.5. The van der Waals surface area contributed by atoms with Gasteiger partial charge < -0.3 is 10.6 Å². The molecule has 0 aromatic carbocycles. The van der Waals surface area contributed by atoms with Gasteiger partial charge in [0.05, 0.1) is 18.4 Å². The molecule has 13 heteroatoms. The number of aryl methyl sites for hydroxylation is 2. The number of hydrogen-bond donors (Lipinski definition) is 3. The third-order valence-corrected chi connectivity index (χ3v) is 7.66. The van der Waals surface area contributed by atoms with Gasteiger partial charge in [0.2, 0.25) is 0 Å². The molecule has 2 fully saturated rings. The van der Waals surface area contributed by atoms with E-state index in [0.717, 1.165) is 23.4 Å². The summed E-state index contributed by atoms with van der Waals surface area (Å²) >= 11 is 0. The highest BCUT2D eigenvalue weighted by atomic mass is 19.1. The fraction of sp³-hybridized carbons (Fsp3) is 0.370. The molecule has 1 aliphatic heterocycles. The van der Waals surface area contributed by atoms with Crippen molar-refractivity contribution in [2.24, 2.45) is 0 Å². The Labute approximate surface area is 229 Å². The molecule has 2 aliphatic rings. The summed E-state index contributed by atoms with van der Waals surface area (Å²) in [6, 6.07) is 6.26. The molecule has 1 saturated carbocycles. The van der Waals surface area contributed by atoms with Crippen molar-refractivity contribution in [3.8, 4) is 5.82 Å². The fourth-order valence-electron chi connectivity index (χ4n) is 5.51. The standard InChI is InChI=1S/C27H29FN10O2/c1-15-10-21(32-22-11-16(2)35-36-22)33-24(31-15)18-6-8-27(9-7-18)25(39)38(26(40)34-27)17(3)19-4-5-23(29-12-19)37-14-20(28)13-30-37/h4-5,10-14,17-18H,6-9H2,1-3H3,(H,34,40)(H2,31,32,33,35,36)/t17-,18?,27?/m0/s1. The zero-order valence-electron chi connectivity index (χ0n) is 22.3. The van der Waals surface area contributed by atoms with Crippen molar-refractivity contribution in [2.45, 2.75) is 64.0 Å². The Morgan fingerprint density at radius 1 is 1.10 bits per heavy atom. The van der Waals surface area contributed by atoms with Gasteiger partial charge in [-0.05, 0) is 58.1 Å².